The Kier molecular flexibility index (Phi) is 4.17. The van der Waals surface area contributed by atoms with Crippen LogP contribution in [-0.2, 0) is 17.7 Å². The molecule has 0 atom stereocenters. The third kappa shape index (κ3) is 2.99. The third-order valence-electron chi connectivity index (χ3n) is 4.76. The minimum Gasteiger partial charge on any atom is -0.378 e. The Labute approximate surface area is 141 Å². The van der Waals surface area contributed by atoms with Crippen LogP contribution in [0, 0.1) is 0 Å². The molecule has 0 spiro atoms. The van der Waals surface area contributed by atoms with Gasteiger partial charge in [-0.2, -0.15) is 0 Å². The van der Waals surface area contributed by atoms with Gasteiger partial charge < -0.3 is 14.5 Å². The topological polar surface area (TPSA) is 45.7 Å². The zero-order chi connectivity index (χ0) is 16.4. The van der Waals surface area contributed by atoms with Crippen LogP contribution in [-0.4, -0.2) is 48.6 Å². The van der Waals surface area contributed by atoms with Crippen molar-refractivity contribution in [2.45, 2.75) is 13.0 Å². The van der Waals surface area contributed by atoms with Gasteiger partial charge in [0.25, 0.3) is 5.91 Å². The minimum absolute atomic E-state index is 0.0621. The summed E-state index contributed by atoms with van der Waals surface area (Å²) in [4.78, 5) is 21.3. The number of amides is 1. The van der Waals surface area contributed by atoms with Gasteiger partial charge in [-0.25, -0.2) is 0 Å². The summed E-state index contributed by atoms with van der Waals surface area (Å²) in [5, 5.41) is 0. The highest BCUT2D eigenvalue weighted by molar-refractivity contribution is 5.95. The molecular formula is C19H21N3O2. The lowest BCUT2D eigenvalue weighted by molar-refractivity contribution is 0.0734. The number of morpholine rings is 1. The van der Waals surface area contributed by atoms with Crippen LogP contribution in [0.2, 0.25) is 0 Å². The molecule has 1 saturated heterocycles. The number of nitrogens with zero attached hydrogens (tertiary/aromatic N) is 3. The van der Waals surface area contributed by atoms with Crippen LogP contribution >= 0.6 is 0 Å². The fourth-order valence-electron chi connectivity index (χ4n) is 3.39. The van der Waals surface area contributed by atoms with Crippen LogP contribution < -0.4 is 4.90 Å². The first-order valence-corrected chi connectivity index (χ1v) is 8.45. The van der Waals surface area contributed by atoms with E-state index in [9.17, 15) is 4.79 Å². The van der Waals surface area contributed by atoms with Crippen molar-refractivity contribution in [3.05, 3.63) is 59.4 Å². The summed E-state index contributed by atoms with van der Waals surface area (Å²) in [5.41, 5.74) is 4.26. The molecule has 0 radical (unpaired) electrons. The molecule has 1 fully saturated rings. The number of hydrogen-bond acceptors (Lipinski definition) is 4. The zero-order valence-corrected chi connectivity index (χ0v) is 13.6. The van der Waals surface area contributed by atoms with Crippen molar-refractivity contribution in [1.82, 2.24) is 9.88 Å². The number of carbonyl (C=O) groups is 1. The summed E-state index contributed by atoms with van der Waals surface area (Å²) in [7, 11) is 0. The molecule has 124 valence electrons. The molecule has 0 aliphatic carbocycles. The maximum absolute atomic E-state index is 12.9. The number of pyridine rings is 1. The van der Waals surface area contributed by atoms with Crippen molar-refractivity contribution in [1.29, 1.82) is 0 Å². The van der Waals surface area contributed by atoms with E-state index in [1.165, 1.54) is 11.1 Å². The van der Waals surface area contributed by atoms with E-state index in [0.717, 1.165) is 45.0 Å². The van der Waals surface area contributed by atoms with Gasteiger partial charge in [-0.15, -0.1) is 0 Å². The van der Waals surface area contributed by atoms with Crippen LogP contribution in [0.15, 0.2) is 42.7 Å². The predicted octanol–water partition coefficient (Wildman–Crippen LogP) is 2.12. The van der Waals surface area contributed by atoms with Gasteiger partial charge in [0.1, 0.15) is 0 Å². The summed E-state index contributed by atoms with van der Waals surface area (Å²) in [6, 6.07) is 10.3. The van der Waals surface area contributed by atoms with E-state index in [1.54, 1.807) is 6.20 Å². The molecule has 0 unspecified atom stereocenters. The third-order valence-corrected chi connectivity index (χ3v) is 4.76. The quantitative estimate of drug-likeness (QED) is 0.849. The van der Waals surface area contributed by atoms with E-state index in [0.29, 0.717) is 12.1 Å². The Morgan fingerprint density at radius 3 is 2.67 bits per heavy atom. The first-order valence-electron chi connectivity index (χ1n) is 8.45. The standard InChI is InChI=1S/C19H21N3O2/c23-19(22-6-5-15-3-1-2-4-16(15)14-22)17-11-18(13-20-12-17)21-7-9-24-10-8-21/h1-4,11-13H,5-10,14H2. The van der Waals surface area contributed by atoms with Crippen LogP contribution in [0.1, 0.15) is 21.5 Å². The predicted molar refractivity (Wildman–Crippen MR) is 92.2 cm³/mol. The fraction of sp³-hybridized carbons (Fsp3) is 0.368. The first-order chi connectivity index (χ1) is 11.8. The monoisotopic (exact) mass is 323 g/mol. The van der Waals surface area contributed by atoms with E-state index in [-0.39, 0.29) is 5.91 Å². The Hall–Kier alpha value is -2.40. The molecule has 24 heavy (non-hydrogen) atoms. The van der Waals surface area contributed by atoms with Crippen molar-refractivity contribution in [3.63, 3.8) is 0 Å². The summed E-state index contributed by atoms with van der Waals surface area (Å²) in [5.74, 6) is 0.0621. The van der Waals surface area contributed by atoms with E-state index in [1.807, 2.05) is 23.2 Å². The Morgan fingerprint density at radius 1 is 1.04 bits per heavy atom. The molecule has 1 aromatic carbocycles. The first kappa shape index (κ1) is 15.1. The maximum atomic E-state index is 12.9. The Morgan fingerprint density at radius 2 is 1.83 bits per heavy atom. The van der Waals surface area contributed by atoms with Crippen molar-refractivity contribution >= 4 is 11.6 Å². The number of hydrogen-bond donors (Lipinski definition) is 0. The number of carbonyl (C=O) groups excluding carboxylic acids is 1. The minimum atomic E-state index is 0.0621. The Bertz CT molecular complexity index is 741. The second-order valence-electron chi connectivity index (χ2n) is 6.28. The SMILES string of the molecule is O=C(c1cncc(N2CCOCC2)c1)N1CCc2ccccc2C1. The van der Waals surface area contributed by atoms with Crippen LogP contribution in [0.3, 0.4) is 0 Å². The van der Waals surface area contributed by atoms with Gasteiger partial charge in [-0.1, -0.05) is 24.3 Å². The van der Waals surface area contributed by atoms with Gasteiger partial charge in [0.15, 0.2) is 0 Å². The van der Waals surface area contributed by atoms with Gasteiger partial charge in [0.05, 0.1) is 30.7 Å². The van der Waals surface area contributed by atoms with Gasteiger partial charge in [-0.05, 0) is 23.6 Å². The normalized spacial score (nSPS) is 17.5. The smallest absolute Gasteiger partial charge is 0.255 e. The molecule has 1 aromatic heterocycles. The fourth-order valence-corrected chi connectivity index (χ4v) is 3.39. The largest absolute Gasteiger partial charge is 0.378 e. The van der Waals surface area contributed by atoms with E-state index >= 15 is 0 Å². The number of anilines is 1. The van der Waals surface area contributed by atoms with Crippen LogP contribution in [0.4, 0.5) is 5.69 Å². The number of aromatic nitrogens is 1. The maximum Gasteiger partial charge on any atom is 0.255 e. The number of fused-ring (bicyclic) bond motifs is 1. The van der Waals surface area contributed by atoms with Crippen molar-refractivity contribution in [2.75, 3.05) is 37.7 Å². The number of benzene rings is 1. The highest BCUT2D eigenvalue weighted by atomic mass is 16.5. The average Bonchev–Trinajstić information content (AvgIpc) is 2.68. The van der Waals surface area contributed by atoms with Gasteiger partial charge in [0, 0.05) is 32.4 Å². The lowest BCUT2D eigenvalue weighted by atomic mass is 9.99. The number of rotatable bonds is 2. The second-order valence-corrected chi connectivity index (χ2v) is 6.28. The molecule has 2 aliphatic heterocycles. The van der Waals surface area contributed by atoms with Crippen molar-refractivity contribution in [3.8, 4) is 0 Å². The lowest BCUT2D eigenvalue weighted by Gasteiger charge is -2.30. The molecule has 4 rings (SSSR count). The Balaban J connectivity index is 1.52. The van der Waals surface area contributed by atoms with Gasteiger partial charge in [-0.3, -0.25) is 9.78 Å². The summed E-state index contributed by atoms with van der Waals surface area (Å²) in [6.07, 6.45) is 4.42. The summed E-state index contributed by atoms with van der Waals surface area (Å²) in [6.45, 7) is 4.57. The molecule has 0 bridgehead atoms. The van der Waals surface area contributed by atoms with E-state index in [4.69, 9.17) is 4.74 Å². The van der Waals surface area contributed by atoms with Gasteiger partial charge >= 0.3 is 0 Å². The molecule has 5 nitrogen and oxygen atoms in total. The number of ether oxygens (including phenoxy) is 1. The molecule has 3 heterocycles. The molecule has 0 N–H and O–H groups in total. The highest BCUT2D eigenvalue weighted by Crippen LogP contribution is 2.22. The second kappa shape index (κ2) is 6.61. The molecule has 2 aromatic rings. The zero-order valence-electron chi connectivity index (χ0n) is 13.6. The molecule has 2 aliphatic rings. The van der Waals surface area contributed by atoms with E-state index < -0.39 is 0 Å². The molecule has 5 heteroatoms. The van der Waals surface area contributed by atoms with Crippen LogP contribution in [0.5, 0.6) is 0 Å². The molecule has 0 saturated carbocycles. The molecule has 1 amide bonds. The summed E-state index contributed by atoms with van der Waals surface area (Å²) >= 11 is 0. The molecular weight excluding hydrogens is 302 g/mol. The van der Waals surface area contributed by atoms with Crippen molar-refractivity contribution in [2.24, 2.45) is 0 Å². The average molecular weight is 323 g/mol. The van der Waals surface area contributed by atoms with Gasteiger partial charge in [0.2, 0.25) is 0 Å². The van der Waals surface area contributed by atoms with E-state index in [2.05, 4.69) is 28.1 Å². The van der Waals surface area contributed by atoms with Crippen LogP contribution in [0.25, 0.3) is 0 Å². The highest BCUT2D eigenvalue weighted by Gasteiger charge is 2.22. The van der Waals surface area contributed by atoms with Crippen molar-refractivity contribution < 1.29 is 9.53 Å². The summed E-state index contributed by atoms with van der Waals surface area (Å²) < 4.78 is 5.39. The lowest BCUT2D eigenvalue weighted by Crippen LogP contribution is -2.37.